The molecule has 3 N–H and O–H groups in total. The lowest BCUT2D eigenvalue weighted by molar-refractivity contribution is -0.136. The average Bonchev–Trinajstić information content (AvgIpc) is 2.81. The fourth-order valence-corrected chi connectivity index (χ4v) is 2.70. The minimum absolute atomic E-state index is 0.0640. The fraction of sp³-hybridized carbons (Fsp3) is 0.200. The van der Waals surface area contributed by atoms with Crippen LogP contribution in [0.1, 0.15) is 16.0 Å². The van der Waals surface area contributed by atoms with Crippen molar-refractivity contribution >= 4 is 29.0 Å². The number of carbonyl (C=O) groups excluding carboxylic acids is 1. The Bertz CT molecular complexity index is 652. The van der Waals surface area contributed by atoms with Gasteiger partial charge in [-0.2, -0.15) is 0 Å². The summed E-state index contributed by atoms with van der Waals surface area (Å²) in [6.45, 7) is 2.48. The summed E-state index contributed by atoms with van der Waals surface area (Å²) in [5.41, 5.74) is 2.38. The lowest BCUT2D eigenvalue weighted by Crippen LogP contribution is -2.28. The summed E-state index contributed by atoms with van der Waals surface area (Å²) < 4.78 is 0. The molecular formula is C15H16N2O3S. The summed E-state index contributed by atoms with van der Waals surface area (Å²) >= 11 is 1.60. The first-order chi connectivity index (χ1) is 10.0. The first kappa shape index (κ1) is 15.1. The van der Waals surface area contributed by atoms with E-state index in [2.05, 4.69) is 10.6 Å². The molecule has 110 valence electrons. The number of thiophene rings is 1. The van der Waals surface area contributed by atoms with Crippen LogP contribution in [0.4, 0.5) is 10.5 Å². The van der Waals surface area contributed by atoms with E-state index in [1.807, 2.05) is 18.4 Å². The molecule has 1 heterocycles. The second kappa shape index (κ2) is 6.90. The number of aryl methyl sites for hydroxylation is 1. The van der Waals surface area contributed by atoms with Gasteiger partial charge in [-0.3, -0.25) is 4.79 Å². The van der Waals surface area contributed by atoms with E-state index in [9.17, 15) is 9.59 Å². The van der Waals surface area contributed by atoms with Crippen molar-refractivity contribution in [3.8, 4) is 0 Å². The summed E-state index contributed by atoms with van der Waals surface area (Å²) in [6, 6.07) is 8.51. The molecule has 0 saturated heterocycles. The topological polar surface area (TPSA) is 78.4 Å². The van der Waals surface area contributed by atoms with Crippen molar-refractivity contribution in [3.05, 3.63) is 51.7 Å². The monoisotopic (exact) mass is 304 g/mol. The lowest BCUT2D eigenvalue weighted by Gasteiger charge is -2.08. The molecule has 0 aliphatic rings. The smallest absolute Gasteiger partial charge is 0.319 e. The fourth-order valence-electron chi connectivity index (χ4n) is 1.85. The van der Waals surface area contributed by atoms with Gasteiger partial charge < -0.3 is 15.7 Å². The average molecular weight is 304 g/mol. The van der Waals surface area contributed by atoms with Crippen molar-refractivity contribution in [2.45, 2.75) is 19.9 Å². The Balaban J connectivity index is 1.90. The number of anilines is 1. The molecular weight excluding hydrogens is 288 g/mol. The van der Waals surface area contributed by atoms with E-state index >= 15 is 0 Å². The maximum atomic E-state index is 11.8. The molecule has 0 bridgehead atoms. The number of aliphatic carboxylic acids is 1. The summed E-state index contributed by atoms with van der Waals surface area (Å²) in [5.74, 6) is -0.898. The molecule has 5 nitrogen and oxygen atoms in total. The van der Waals surface area contributed by atoms with E-state index < -0.39 is 5.97 Å². The largest absolute Gasteiger partial charge is 0.481 e. The van der Waals surface area contributed by atoms with Gasteiger partial charge in [0, 0.05) is 10.6 Å². The van der Waals surface area contributed by atoms with Crippen LogP contribution < -0.4 is 10.6 Å². The van der Waals surface area contributed by atoms with Crippen LogP contribution in [0.15, 0.2) is 35.7 Å². The number of urea groups is 1. The second-order valence-corrected chi connectivity index (χ2v) is 5.61. The predicted octanol–water partition coefficient (Wildman–Crippen LogP) is 3.01. The van der Waals surface area contributed by atoms with E-state index in [1.54, 1.807) is 35.6 Å². The molecule has 0 saturated carbocycles. The maximum absolute atomic E-state index is 11.8. The van der Waals surface area contributed by atoms with Gasteiger partial charge in [0.1, 0.15) is 0 Å². The van der Waals surface area contributed by atoms with Gasteiger partial charge in [0.15, 0.2) is 0 Å². The first-order valence-corrected chi connectivity index (χ1v) is 7.31. The van der Waals surface area contributed by atoms with Crippen molar-refractivity contribution in [3.63, 3.8) is 0 Å². The molecule has 0 fully saturated rings. The van der Waals surface area contributed by atoms with Crippen LogP contribution in [0.5, 0.6) is 0 Å². The zero-order valence-corrected chi connectivity index (χ0v) is 12.4. The highest BCUT2D eigenvalue weighted by Gasteiger charge is 2.06. The number of amides is 2. The maximum Gasteiger partial charge on any atom is 0.319 e. The van der Waals surface area contributed by atoms with Gasteiger partial charge >= 0.3 is 12.0 Å². The highest BCUT2D eigenvalue weighted by Crippen LogP contribution is 2.15. The molecule has 1 aromatic heterocycles. The third-order valence-corrected chi connectivity index (χ3v) is 3.94. The summed E-state index contributed by atoms with van der Waals surface area (Å²) in [5, 5.41) is 16.2. The van der Waals surface area contributed by atoms with Gasteiger partial charge in [-0.15, -0.1) is 11.3 Å². The van der Waals surface area contributed by atoms with E-state index in [4.69, 9.17) is 5.11 Å². The van der Waals surface area contributed by atoms with Crippen LogP contribution in [0.3, 0.4) is 0 Å². The van der Waals surface area contributed by atoms with Crippen LogP contribution in [-0.4, -0.2) is 17.1 Å². The molecule has 2 amide bonds. The number of carbonyl (C=O) groups is 2. The molecule has 2 rings (SSSR count). The Morgan fingerprint density at radius 2 is 2.10 bits per heavy atom. The molecule has 2 aromatic rings. The number of nitrogens with one attached hydrogen (secondary N) is 2. The van der Waals surface area contributed by atoms with Crippen LogP contribution in [0.2, 0.25) is 0 Å². The van der Waals surface area contributed by atoms with Crippen LogP contribution >= 0.6 is 11.3 Å². The number of carboxylic acid groups (broad SMARTS) is 1. The molecule has 0 unspecified atom stereocenters. The molecule has 1 aromatic carbocycles. The zero-order valence-electron chi connectivity index (χ0n) is 11.6. The highest BCUT2D eigenvalue weighted by atomic mass is 32.1. The van der Waals surface area contributed by atoms with Gasteiger partial charge in [0.05, 0.1) is 13.0 Å². The molecule has 0 aliphatic heterocycles. The number of benzene rings is 1. The molecule has 0 aliphatic carbocycles. The number of carboxylic acids is 1. The van der Waals surface area contributed by atoms with Crippen molar-refractivity contribution < 1.29 is 14.7 Å². The third kappa shape index (κ3) is 4.61. The van der Waals surface area contributed by atoms with Crippen molar-refractivity contribution in [1.82, 2.24) is 5.32 Å². The summed E-state index contributed by atoms with van der Waals surface area (Å²) in [6.07, 6.45) is -0.0640. The number of rotatable bonds is 5. The van der Waals surface area contributed by atoms with Crippen molar-refractivity contribution in [2.75, 3.05) is 5.32 Å². The van der Waals surface area contributed by atoms with Crippen molar-refractivity contribution in [2.24, 2.45) is 0 Å². The van der Waals surface area contributed by atoms with Gasteiger partial charge in [0.2, 0.25) is 0 Å². The zero-order chi connectivity index (χ0) is 15.2. The van der Waals surface area contributed by atoms with Crippen molar-refractivity contribution in [1.29, 1.82) is 0 Å². The van der Waals surface area contributed by atoms with Crippen LogP contribution in [0.25, 0.3) is 0 Å². The normalized spacial score (nSPS) is 10.1. The third-order valence-electron chi connectivity index (χ3n) is 2.92. The van der Waals surface area contributed by atoms with Gasteiger partial charge in [-0.1, -0.05) is 12.1 Å². The molecule has 21 heavy (non-hydrogen) atoms. The number of hydrogen-bond acceptors (Lipinski definition) is 3. The number of hydrogen-bond donors (Lipinski definition) is 3. The molecule has 0 radical (unpaired) electrons. The molecule has 6 heteroatoms. The molecule has 0 atom stereocenters. The van der Waals surface area contributed by atoms with E-state index in [0.717, 1.165) is 10.4 Å². The Morgan fingerprint density at radius 1 is 1.29 bits per heavy atom. The van der Waals surface area contributed by atoms with Crippen LogP contribution in [0, 0.1) is 6.92 Å². The summed E-state index contributed by atoms with van der Waals surface area (Å²) in [4.78, 5) is 23.6. The Hall–Kier alpha value is -2.34. The Kier molecular flexibility index (Phi) is 4.94. The highest BCUT2D eigenvalue weighted by molar-refractivity contribution is 7.10. The quantitative estimate of drug-likeness (QED) is 0.794. The van der Waals surface area contributed by atoms with E-state index in [1.165, 1.54) is 0 Å². The second-order valence-electron chi connectivity index (χ2n) is 4.61. The lowest BCUT2D eigenvalue weighted by atomic mass is 10.1. The SMILES string of the molecule is Cc1ccsc1CNC(=O)Nc1cccc(CC(=O)O)c1. The minimum Gasteiger partial charge on any atom is -0.481 e. The van der Waals surface area contributed by atoms with Gasteiger partial charge in [-0.25, -0.2) is 4.79 Å². The van der Waals surface area contributed by atoms with Gasteiger partial charge in [0.25, 0.3) is 0 Å². The minimum atomic E-state index is -0.898. The predicted molar refractivity (Wildman–Crippen MR) is 82.7 cm³/mol. The van der Waals surface area contributed by atoms with E-state index in [0.29, 0.717) is 17.8 Å². The van der Waals surface area contributed by atoms with E-state index in [-0.39, 0.29) is 12.5 Å². The first-order valence-electron chi connectivity index (χ1n) is 6.43. The standard InChI is InChI=1S/C15H16N2O3S/c1-10-5-6-21-13(10)9-16-15(20)17-12-4-2-3-11(7-12)8-14(18)19/h2-7H,8-9H2,1H3,(H,18,19)(H2,16,17,20). The Morgan fingerprint density at radius 3 is 2.76 bits per heavy atom. The summed E-state index contributed by atoms with van der Waals surface area (Å²) in [7, 11) is 0. The Labute approximate surface area is 126 Å². The molecule has 0 spiro atoms. The van der Waals surface area contributed by atoms with Crippen LogP contribution in [-0.2, 0) is 17.8 Å². The van der Waals surface area contributed by atoms with Gasteiger partial charge in [-0.05, 0) is 41.6 Å².